The van der Waals surface area contributed by atoms with Crippen LogP contribution in [0.15, 0.2) is 9.70 Å². The van der Waals surface area contributed by atoms with Crippen LogP contribution in [0.1, 0.15) is 89.3 Å². The number of thioether (sulfide) groups is 1. The van der Waals surface area contributed by atoms with Gasteiger partial charge in [0.25, 0.3) is 11.5 Å². The highest BCUT2D eigenvalue weighted by atomic mass is 32.2. The molecule has 0 bridgehead atoms. The van der Waals surface area contributed by atoms with E-state index in [-0.39, 0.29) is 29.2 Å². The highest BCUT2D eigenvalue weighted by Crippen LogP contribution is 2.36. The number of nitriles is 1. The average Bonchev–Trinajstić information content (AvgIpc) is 3.11. The van der Waals surface area contributed by atoms with E-state index in [1.165, 1.54) is 37.4 Å². The number of carbonyl (C=O) groups is 1. The molecule has 1 amide bonds. The van der Waals surface area contributed by atoms with E-state index in [2.05, 4.69) is 17.9 Å². The number of amides is 1. The minimum atomic E-state index is -0.281. The summed E-state index contributed by atoms with van der Waals surface area (Å²) in [6.07, 6.45) is 9.45. The van der Waals surface area contributed by atoms with Gasteiger partial charge in [-0.1, -0.05) is 69.9 Å². The topological polar surface area (TPSA) is 78.6 Å². The van der Waals surface area contributed by atoms with E-state index in [1.54, 1.807) is 16.4 Å². The Kier molecular flexibility index (Phi) is 10.8. The first-order chi connectivity index (χ1) is 17.7. The van der Waals surface area contributed by atoms with Gasteiger partial charge in [-0.25, -0.2) is 0 Å². The Morgan fingerprint density at radius 2 is 1.70 bits per heavy atom. The molecule has 2 aliphatic rings. The zero-order chi connectivity index (χ0) is 27.1. The normalized spacial score (nSPS) is 21.2. The lowest BCUT2D eigenvalue weighted by atomic mass is 10.0. The first-order valence-electron chi connectivity index (χ1n) is 13.6. The maximum absolute atomic E-state index is 13.4. The van der Waals surface area contributed by atoms with Crippen molar-refractivity contribution < 1.29 is 9.53 Å². The Bertz CT molecular complexity index is 1130. The third-order valence-corrected chi connectivity index (χ3v) is 8.27. The highest BCUT2D eigenvalue weighted by Gasteiger charge is 2.34. The molecule has 7 nitrogen and oxygen atoms in total. The predicted molar refractivity (Wildman–Crippen MR) is 156 cm³/mol. The lowest BCUT2D eigenvalue weighted by molar-refractivity contribution is -0.122. The number of ether oxygens (including phenoxy) is 1. The van der Waals surface area contributed by atoms with Crippen molar-refractivity contribution in [2.24, 2.45) is 0 Å². The number of unbranched alkanes of at least 4 members (excludes halogenated alkanes) is 5. The highest BCUT2D eigenvalue weighted by molar-refractivity contribution is 8.26. The standard InChI is InChI=1S/C28H40N4O3S2/c1-6-8-9-10-11-12-14-32-27(34)24(37-28(32)36)15-22-21(5)23(16-29)26(33)31(13-7-2)25(22)30-17-19(3)35-20(4)18-30/h15,19-20H,6-14,17-18H2,1-5H3/b24-15+. The second kappa shape index (κ2) is 13.6. The molecule has 2 saturated heterocycles. The average molecular weight is 545 g/mol. The Labute approximate surface area is 230 Å². The minimum absolute atomic E-state index is 0.00624. The van der Waals surface area contributed by atoms with Crippen LogP contribution in [0.3, 0.4) is 0 Å². The van der Waals surface area contributed by atoms with Crippen molar-refractivity contribution in [2.45, 2.75) is 98.3 Å². The van der Waals surface area contributed by atoms with Crippen LogP contribution in [-0.2, 0) is 16.1 Å². The van der Waals surface area contributed by atoms with Crippen LogP contribution >= 0.6 is 24.0 Å². The van der Waals surface area contributed by atoms with Crippen molar-refractivity contribution in [3.63, 3.8) is 0 Å². The Morgan fingerprint density at radius 1 is 1.05 bits per heavy atom. The number of hydrogen-bond donors (Lipinski definition) is 0. The van der Waals surface area contributed by atoms with Crippen molar-refractivity contribution in [3.8, 4) is 6.07 Å². The fraction of sp³-hybridized carbons (Fsp3) is 0.643. The van der Waals surface area contributed by atoms with E-state index in [9.17, 15) is 14.9 Å². The molecule has 0 saturated carbocycles. The first kappa shape index (κ1) is 29.4. The lowest BCUT2D eigenvalue weighted by Gasteiger charge is -2.39. The minimum Gasteiger partial charge on any atom is -0.372 e. The van der Waals surface area contributed by atoms with Crippen molar-refractivity contribution >= 4 is 46.1 Å². The zero-order valence-corrected chi connectivity index (χ0v) is 24.5. The number of thiocarbonyl (C=S) groups is 1. The predicted octanol–water partition coefficient (Wildman–Crippen LogP) is 5.61. The summed E-state index contributed by atoms with van der Waals surface area (Å²) in [6, 6.07) is 2.12. The van der Waals surface area contributed by atoms with Gasteiger partial charge in [0.2, 0.25) is 0 Å². The molecule has 0 radical (unpaired) electrons. The number of morpholine rings is 1. The van der Waals surface area contributed by atoms with Crippen LogP contribution in [-0.4, -0.2) is 51.5 Å². The van der Waals surface area contributed by atoms with Gasteiger partial charge in [-0.2, -0.15) is 5.26 Å². The summed E-state index contributed by atoms with van der Waals surface area (Å²) in [6.45, 7) is 12.4. The Hall–Kier alpha value is -2.15. The van der Waals surface area contributed by atoms with E-state index in [0.717, 1.165) is 30.6 Å². The Balaban J connectivity index is 2.01. The number of hydrogen-bond acceptors (Lipinski definition) is 7. The molecule has 1 aromatic heterocycles. The quantitative estimate of drug-likeness (QED) is 0.203. The van der Waals surface area contributed by atoms with Crippen LogP contribution in [0.4, 0.5) is 5.82 Å². The summed E-state index contributed by atoms with van der Waals surface area (Å²) >= 11 is 6.89. The third-order valence-electron chi connectivity index (χ3n) is 6.90. The molecule has 3 heterocycles. The third kappa shape index (κ3) is 6.84. The molecule has 0 N–H and O–H groups in total. The molecule has 2 atom stereocenters. The van der Waals surface area contributed by atoms with Gasteiger partial charge in [-0.3, -0.25) is 19.1 Å². The molecule has 2 fully saturated rings. The smallest absolute Gasteiger partial charge is 0.270 e. The second-order valence-electron chi connectivity index (χ2n) is 10.1. The molecule has 0 aliphatic carbocycles. The first-order valence-corrected chi connectivity index (χ1v) is 14.8. The van der Waals surface area contributed by atoms with E-state index >= 15 is 0 Å². The number of aromatic nitrogens is 1. The van der Waals surface area contributed by atoms with Crippen LogP contribution in [0.25, 0.3) is 6.08 Å². The molecule has 9 heteroatoms. The number of nitrogens with zero attached hydrogens (tertiary/aromatic N) is 4. The fourth-order valence-corrected chi connectivity index (χ4v) is 6.43. The second-order valence-corrected chi connectivity index (χ2v) is 11.7. The Morgan fingerprint density at radius 3 is 2.32 bits per heavy atom. The molecule has 3 rings (SSSR count). The lowest BCUT2D eigenvalue weighted by Crippen LogP contribution is -2.48. The molecule has 202 valence electrons. The number of rotatable bonds is 11. The van der Waals surface area contributed by atoms with Crippen molar-refractivity contribution in [1.29, 1.82) is 5.26 Å². The molecular weight excluding hydrogens is 504 g/mol. The van der Waals surface area contributed by atoms with Gasteiger partial charge in [0.05, 0.1) is 17.1 Å². The van der Waals surface area contributed by atoms with E-state index in [1.807, 2.05) is 26.8 Å². The van der Waals surface area contributed by atoms with E-state index in [0.29, 0.717) is 41.0 Å². The van der Waals surface area contributed by atoms with E-state index in [4.69, 9.17) is 17.0 Å². The van der Waals surface area contributed by atoms with Crippen LogP contribution in [0.5, 0.6) is 0 Å². The van der Waals surface area contributed by atoms with Gasteiger partial charge in [0.1, 0.15) is 21.8 Å². The molecule has 2 unspecified atom stereocenters. The molecule has 37 heavy (non-hydrogen) atoms. The van der Waals surface area contributed by atoms with Crippen LogP contribution in [0.2, 0.25) is 0 Å². The van der Waals surface area contributed by atoms with Crippen molar-refractivity contribution in [1.82, 2.24) is 9.47 Å². The monoisotopic (exact) mass is 544 g/mol. The molecule has 0 spiro atoms. The van der Waals surface area contributed by atoms with Gasteiger partial charge in [0.15, 0.2) is 0 Å². The van der Waals surface area contributed by atoms with Gasteiger partial charge in [-0.05, 0) is 45.3 Å². The largest absolute Gasteiger partial charge is 0.372 e. The van der Waals surface area contributed by atoms with Crippen LogP contribution in [0, 0.1) is 18.3 Å². The van der Waals surface area contributed by atoms with Crippen molar-refractivity contribution in [3.05, 3.63) is 31.9 Å². The van der Waals surface area contributed by atoms with Gasteiger partial charge < -0.3 is 9.64 Å². The van der Waals surface area contributed by atoms with Crippen LogP contribution < -0.4 is 10.5 Å². The summed E-state index contributed by atoms with van der Waals surface area (Å²) in [4.78, 5) is 31.2. The summed E-state index contributed by atoms with van der Waals surface area (Å²) in [7, 11) is 0. The zero-order valence-electron chi connectivity index (χ0n) is 22.8. The molecular formula is C28H40N4O3S2. The number of pyridine rings is 1. The molecule has 2 aliphatic heterocycles. The van der Waals surface area contributed by atoms with Crippen molar-refractivity contribution in [2.75, 3.05) is 24.5 Å². The fourth-order valence-electron chi connectivity index (χ4n) is 5.14. The van der Waals surface area contributed by atoms with Gasteiger partial charge in [0, 0.05) is 31.7 Å². The summed E-state index contributed by atoms with van der Waals surface area (Å²) < 4.78 is 8.23. The summed E-state index contributed by atoms with van der Waals surface area (Å²) in [5, 5.41) is 9.85. The summed E-state index contributed by atoms with van der Waals surface area (Å²) in [5.41, 5.74) is 1.19. The number of carbonyl (C=O) groups excluding carboxylic acids is 1. The SMILES string of the molecule is CCCCCCCCN1C(=O)/C(=C\c2c(C)c(C#N)c(=O)n(CCC)c2N2CC(C)OC(C)C2)SC1=S. The van der Waals surface area contributed by atoms with E-state index < -0.39 is 0 Å². The molecule has 0 aromatic carbocycles. The van der Waals surface area contributed by atoms with Gasteiger partial charge in [-0.15, -0.1) is 0 Å². The summed E-state index contributed by atoms with van der Waals surface area (Å²) in [5.74, 6) is 0.663. The number of anilines is 1. The molecule has 1 aromatic rings. The maximum atomic E-state index is 13.4. The van der Waals surface area contributed by atoms with Gasteiger partial charge >= 0.3 is 0 Å². The maximum Gasteiger partial charge on any atom is 0.270 e.